The first-order valence-electron chi connectivity index (χ1n) is 6.16. The number of amides is 1. The lowest BCUT2D eigenvalue weighted by molar-refractivity contribution is 0.103. The van der Waals surface area contributed by atoms with E-state index in [1.54, 1.807) is 7.11 Å². The number of anilines is 3. The van der Waals surface area contributed by atoms with Crippen LogP contribution < -0.4 is 16.4 Å². The van der Waals surface area contributed by atoms with Gasteiger partial charge < -0.3 is 21.1 Å². The Balaban J connectivity index is 2.03. The monoisotopic (exact) mass is 310 g/mol. The Hall–Kier alpha value is -2.19. The molecule has 0 saturated heterocycles. The Morgan fingerprint density at radius 3 is 2.81 bits per heavy atom. The molecule has 2 rings (SSSR count). The first-order valence-corrected chi connectivity index (χ1v) is 6.98. The third-order valence-corrected chi connectivity index (χ3v) is 3.57. The summed E-state index contributed by atoms with van der Waals surface area (Å²) in [4.78, 5) is 16.5. The number of rotatable bonds is 6. The number of hydrogen-bond acceptors (Lipinski definition) is 6. The lowest BCUT2D eigenvalue weighted by atomic mass is 10.3. The Bertz CT molecular complexity index is 615. The molecule has 1 aromatic carbocycles. The van der Waals surface area contributed by atoms with Crippen molar-refractivity contribution >= 4 is 33.9 Å². The fourth-order valence-corrected chi connectivity index (χ4v) is 2.36. The standard InChI is InChI=1S/C13H15FN4O2S/c1-20-7-6-16-13-18-11(15)10(21-13)12(19)17-9-4-2-8(14)3-5-9/h2-5H,6-7,15H2,1H3,(H,16,18)(H,17,19). The molecule has 0 atom stereocenters. The van der Waals surface area contributed by atoms with Crippen molar-refractivity contribution in [3.8, 4) is 0 Å². The minimum atomic E-state index is -0.378. The SMILES string of the molecule is COCCNc1nc(N)c(C(=O)Nc2ccc(F)cc2)s1. The van der Waals surface area contributed by atoms with E-state index in [1.165, 1.54) is 24.3 Å². The van der Waals surface area contributed by atoms with E-state index >= 15 is 0 Å². The third-order valence-electron chi connectivity index (χ3n) is 2.54. The highest BCUT2D eigenvalue weighted by Gasteiger charge is 2.16. The van der Waals surface area contributed by atoms with E-state index < -0.39 is 0 Å². The minimum absolute atomic E-state index is 0.152. The van der Waals surface area contributed by atoms with Gasteiger partial charge in [0, 0.05) is 19.3 Å². The number of nitrogen functional groups attached to an aromatic ring is 1. The number of benzene rings is 1. The van der Waals surface area contributed by atoms with E-state index in [9.17, 15) is 9.18 Å². The smallest absolute Gasteiger partial charge is 0.269 e. The quantitative estimate of drug-likeness (QED) is 0.712. The van der Waals surface area contributed by atoms with Gasteiger partial charge in [0.05, 0.1) is 6.61 Å². The largest absolute Gasteiger partial charge is 0.383 e. The number of halogens is 1. The van der Waals surface area contributed by atoms with Gasteiger partial charge in [-0.2, -0.15) is 0 Å². The Labute approximate surface area is 125 Å². The second-order valence-electron chi connectivity index (χ2n) is 4.11. The van der Waals surface area contributed by atoms with Gasteiger partial charge in [-0.25, -0.2) is 9.37 Å². The molecule has 8 heteroatoms. The van der Waals surface area contributed by atoms with Gasteiger partial charge in [0.1, 0.15) is 16.5 Å². The molecule has 0 aliphatic heterocycles. The zero-order valence-corrected chi connectivity index (χ0v) is 12.2. The summed E-state index contributed by atoms with van der Waals surface area (Å²) in [5, 5.41) is 6.19. The second-order valence-corrected chi connectivity index (χ2v) is 5.11. The highest BCUT2D eigenvalue weighted by atomic mass is 32.1. The van der Waals surface area contributed by atoms with Gasteiger partial charge in [-0.05, 0) is 24.3 Å². The summed E-state index contributed by atoms with van der Waals surface area (Å²) in [6.07, 6.45) is 0. The van der Waals surface area contributed by atoms with Crippen LogP contribution in [0, 0.1) is 5.82 Å². The summed E-state index contributed by atoms with van der Waals surface area (Å²) in [7, 11) is 1.60. The normalized spacial score (nSPS) is 10.4. The first-order chi connectivity index (χ1) is 10.1. The van der Waals surface area contributed by atoms with E-state index in [4.69, 9.17) is 10.5 Å². The number of nitrogens with one attached hydrogen (secondary N) is 2. The van der Waals surface area contributed by atoms with Crippen molar-refractivity contribution in [3.05, 3.63) is 35.0 Å². The lowest BCUT2D eigenvalue weighted by Gasteiger charge is -2.03. The van der Waals surface area contributed by atoms with Crippen LogP contribution in [0.2, 0.25) is 0 Å². The lowest BCUT2D eigenvalue weighted by Crippen LogP contribution is -2.12. The van der Waals surface area contributed by atoms with Crippen LogP contribution in [-0.2, 0) is 4.74 Å². The molecular formula is C13H15FN4O2S. The van der Waals surface area contributed by atoms with E-state index in [1.807, 2.05) is 0 Å². The number of ether oxygens (including phenoxy) is 1. The highest BCUT2D eigenvalue weighted by molar-refractivity contribution is 7.18. The molecule has 0 aliphatic rings. The second kappa shape index (κ2) is 7.00. The van der Waals surface area contributed by atoms with Crippen LogP contribution in [0.5, 0.6) is 0 Å². The molecule has 1 aromatic heterocycles. The molecule has 4 N–H and O–H groups in total. The van der Waals surface area contributed by atoms with Crippen molar-refractivity contribution < 1.29 is 13.9 Å². The number of carbonyl (C=O) groups is 1. The highest BCUT2D eigenvalue weighted by Crippen LogP contribution is 2.25. The van der Waals surface area contributed by atoms with Gasteiger partial charge in [-0.1, -0.05) is 11.3 Å². The molecule has 1 heterocycles. The van der Waals surface area contributed by atoms with Crippen molar-refractivity contribution in [2.75, 3.05) is 36.6 Å². The van der Waals surface area contributed by atoms with Crippen LogP contribution in [0.4, 0.5) is 21.0 Å². The van der Waals surface area contributed by atoms with E-state index in [0.29, 0.717) is 28.8 Å². The molecule has 21 heavy (non-hydrogen) atoms. The molecule has 112 valence electrons. The van der Waals surface area contributed by atoms with Crippen molar-refractivity contribution in [3.63, 3.8) is 0 Å². The average Bonchev–Trinajstić information content (AvgIpc) is 2.83. The van der Waals surface area contributed by atoms with E-state index in [-0.39, 0.29) is 17.5 Å². The molecule has 0 aliphatic carbocycles. The summed E-state index contributed by atoms with van der Waals surface area (Å²) < 4.78 is 17.7. The molecule has 0 unspecified atom stereocenters. The maximum atomic E-state index is 12.8. The number of hydrogen-bond donors (Lipinski definition) is 3. The molecule has 0 fully saturated rings. The van der Waals surface area contributed by atoms with Crippen molar-refractivity contribution in [1.29, 1.82) is 0 Å². The Morgan fingerprint density at radius 2 is 2.14 bits per heavy atom. The fourth-order valence-electron chi connectivity index (χ4n) is 1.55. The number of thiazole rings is 1. The fraction of sp³-hybridized carbons (Fsp3) is 0.231. The molecule has 1 amide bonds. The summed E-state index contributed by atoms with van der Waals surface area (Å²) in [6.45, 7) is 1.10. The number of aromatic nitrogens is 1. The Morgan fingerprint density at radius 1 is 1.43 bits per heavy atom. The Kier molecular flexibility index (Phi) is 5.07. The minimum Gasteiger partial charge on any atom is -0.383 e. The van der Waals surface area contributed by atoms with Gasteiger partial charge in [0.15, 0.2) is 5.13 Å². The van der Waals surface area contributed by atoms with Crippen molar-refractivity contribution in [1.82, 2.24) is 4.98 Å². The molecule has 0 bridgehead atoms. The van der Waals surface area contributed by atoms with Crippen LogP contribution >= 0.6 is 11.3 Å². The van der Waals surface area contributed by atoms with Crippen LogP contribution in [-0.4, -0.2) is 31.2 Å². The predicted molar refractivity (Wildman–Crippen MR) is 81.2 cm³/mol. The molecule has 2 aromatic rings. The van der Waals surface area contributed by atoms with E-state index in [0.717, 1.165) is 11.3 Å². The van der Waals surface area contributed by atoms with E-state index in [2.05, 4.69) is 15.6 Å². The third kappa shape index (κ3) is 4.14. The zero-order chi connectivity index (χ0) is 15.2. The predicted octanol–water partition coefficient (Wildman–Crippen LogP) is 2.17. The van der Waals surface area contributed by atoms with Gasteiger partial charge in [-0.15, -0.1) is 0 Å². The van der Waals surface area contributed by atoms with Crippen LogP contribution in [0.3, 0.4) is 0 Å². The number of nitrogens with zero attached hydrogens (tertiary/aromatic N) is 1. The van der Waals surface area contributed by atoms with Crippen LogP contribution in [0.25, 0.3) is 0 Å². The van der Waals surface area contributed by atoms with Gasteiger partial charge in [0.25, 0.3) is 5.91 Å². The number of carbonyl (C=O) groups excluding carboxylic acids is 1. The maximum Gasteiger partial charge on any atom is 0.269 e. The number of methoxy groups -OCH3 is 1. The van der Waals surface area contributed by atoms with Crippen molar-refractivity contribution in [2.24, 2.45) is 0 Å². The molecule has 0 spiro atoms. The first kappa shape index (κ1) is 15.2. The summed E-state index contributed by atoms with van der Waals surface area (Å²) in [6, 6.07) is 5.48. The molecule has 0 radical (unpaired) electrons. The van der Waals surface area contributed by atoms with Crippen LogP contribution in [0.15, 0.2) is 24.3 Å². The average molecular weight is 310 g/mol. The van der Waals surface area contributed by atoms with Gasteiger partial charge >= 0.3 is 0 Å². The maximum absolute atomic E-state index is 12.8. The van der Waals surface area contributed by atoms with Crippen LogP contribution in [0.1, 0.15) is 9.67 Å². The molecule has 0 saturated carbocycles. The van der Waals surface area contributed by atoms with Gasteiger partial charge in [0.2, 0.25) is 0 Å². The molecular weight excluding hydrogens is 295 g/mol. The summed E-state index contributed by atoms with van der Waals surface area (Å²) in [5.74, 6) is -0.592. The van der Waals surface area contributed by atoms with Crippen molar-refractivity contribution in [2.45, 2.75) is 0 Å². The molecule has 6 nitrogen and oxygen atoms in total. The summed E-state index contributed by atoms with van der Waals surface area (Å²) >= 11 is 1.15. The zero-order valence-electron chi connectivity index (χ0n) is 11.4. The topological polar surface area (TPSA) is 89.3 Å². The van der Waals surface area contributed by atoms with Gasteiger partial charge in [-0.3, -0.25) is 4.79 Å². The summed E-state index contributed by atoms with van der Waals surface area (Å²) in [5.41, 5.74) is 6.22. The number of nitrogens with two attached hydrogens (primary N) is 1.